The van der Waals surface area contributed by atoms with Crippen molar-refractivity contribution in [3.05, 3.63) is 41.2 Å². The van der Waals surface area contributed by atoms with Gasteiger partial charge in [-0.2, -0.15) is 13.2 Å². The molecule has 3 rings (SSSR count). The third-order valence-corrected chi connectivity index (χ3v) is 3.50. The molecule has 0 atom stereocenters. The van der Waals surface area contributed by atoms with Crippen LogP contribution in [0.1, 0.15) is 40.5 Å². The molecule has 1 saturated carbocycles. The maximum Gasteiger partial charge on any atom is 0.416 e. The zero-order valence-electron chi connectivity index (χ0n) is 12.1. The van der Waals surface area contributed by atoms with Crippen LogP contribution in [0.5, 0.6) is 0 Å². The molecular weight excluding hydrogens is 313 g/mol. The van der Waals surface area contributed by atoms with Gasteiger partial charge in [-0.05, 0) is 31.0 Å². The van der Waals surface area contributed by atoms with E-state index in [1.165, 1.54) is 23.9 Å². The summed E-state index contributed by atoms with van der Waals surface area (Å²) in [5.41, 5.74) is 2.14. The topological polar surface area (TPSA) is 69.0 Å². The molecule has 122 valence electrons. The van der Waals surface area contributed by atoms with Crippen LogP contribution < -0.4 is 5.48 Å². The molecule has 1 fully saturated rings. The average molecular weight is 326 g/mol. The summed E-state index contributed by atoms with van der Waals surface area (Å²) < 4.78 is 39.9. The molecule has 6 nitrogen and oxygen atoms in total. The molecule has 23 heavy (non-hydrogen) atoms. The highest BCUT2D eigenvalue weighted by Gasteiger charge is 2.35. The average Bonchev–Trinajstić information content (AvgIpc) is 3.25. The molecule has 9 heteroatoms. The van der Waals surface area contributed by atoms with Crippen molar-refractivity contribution >= 4 is 5.91 Å². The monoisotopic (exact) mass is 326 g/mol. The van der Waals surface area contributed by atoms with E-state index in [-0.39, 0.29) is 17.3 Å². The van der Waals surface area contributed by atoms with Crippen LogP contribution in [0.4, 0.5) is 13.2 Å². The van der Waals surface area contributed by atoms with Crippen molar-refractivity contribution in [2.75, 3.05) is 7.11 Å². The molecule has 1 aliphatic carbocycles. The molecule has 0 spiro atoms. The Labute approximate surface area is 129 Å². The first-order valence-corrected chi connectivity index (χ1v) is 6.88. The molecule has 1 aliphatic rings. The summed E-state index contributed by atoms with van der Waals surface area (Å²) >= 11 is 0. The number of halogens is 3. The molecule has 1 aromatic heterocycles. The Kier molecular flexibility index (Phi) is 3.80. The van der Waals surface area contributed by atoms with E-state index in [9.17, 15) is 18.0 Å². The predicted molar refractivity (Wildman–Crippen MR) is 72.8 cm³/mol. The van der Waals surface area contributed by atoms with Crippen LogP contribution in [0, 0.1) is 0 Å². The van der Waals surface area contributed by atoms with Crippen LogP contribution in [0.25, 0.3) is 5.69 Å². The summed E-state index contributed by atoms with van der Waals surface area (Å²) in [5, 5.41) is 7.66. The molecule has 0 unspecified atom stereocenters. The minimum atomic E-state index is -4.45. The Bertz CT molecular complexity index is 738. The number of aromatic nitrogens is 3. The molecule has 1 aromatic carbocycles. The number of amides is 1. The third-order valence-electron chi connectivity index (χ3n) is 3.50. The van der Waals surface area contributed by atoms with E-state index in [1.54, 1.807) is 0 Å². The Balaban J connectivity index is 2.05. The number of hydrogen-bond acceptors (Lipinski definition) is 4. The molecule has 0 saturated heterocycles. The Hall–Kier alpha value is -2.42. The van der Waals surface area contributed by atoms with Crippen molar-refractivity contribution in [2.45, 2.75) is 24.9 Å². The largest absolute Gasteiger partial charge is 0.416 e. The first kappa shape index (κ1) is 15.5. The van der Waals surface area contributed by atoms with E-state index >= 15 is 0 Å². The summed E-state index contributed by atoms with van der Waals surface area (Å²) in [6, 6.07) is 4.76. The van der Waals surface area contributed by atoms with E-state index in [2.05, 4.69) is 20.6 Å². The van der Waals surface area contributed by atoms with Crippen molar-refractivity contribution in [3.63, 3.8) is 0 Å². The van der Waals surface area contributed by atoms with Crippen LogP contribution in [0.3, 0.4) is 0 Å². The number of carbonyl (C=O) groups is 1. The van der Waals surface area contributed by atoms with E-state index in [0.29, 0.717) is 5.69 Å². The van der Waals surface area contributed by atoms with Crippen LogP contribution in [0.15, 0.2) is 24.3 Å². The predicted octanol–water partition coefficient (Wildman–Crippen LogP) is 2.45. The van der Waals surface area contributed by atoms with Crippen LogP contribution in [-0.2, 0) is 11.0 Å². The highest BCUT2D eigenvalue weighted by molar-refractivity contribution is 5.92. The zero-order valence-corrected chi connectivity index (χ0v) is 12.1. The molecule has 1 amide bonds. The first-order valence-electron chi connectivity index (χ1n) is 6.88. The normalized spacial score (nSPS) is 14.8. The maximum atomic E-state index is 12.9. The van der Waals surface area contributed by atoms with Crippen LogP contribution >= 0.6 is 0 Å². The van der Waals surface area contributed by atoms with Gasteiger partial charge in [0.2, 0.25) is 0 Å². The smallest absolute Gasteiger partial charge is 0.277 e. The lowest BCUT2D eigenvalue weighted by atomic mass is 10.1. The molecule has 0 bridgehead atoms. The van der Waals surface area contributed by atoms with Gasteiger partial charge in [0.15, 0.2) is 5.69 Å². The highest BCUT2D eigenvalue weighted by atomic mass is 19.4. The fraction of sp³-hybridized carbons (Fsp3) is 0.357. The molecular formula is C14H13F3N4O2. The van der Waals surface area contributed by atoms with Gasteiger partial charge in [-0.1, -0.05) is 11.3 Å². The maximum absolute atomic E-state index is 12.9. The molecule has 1 N–H and O–H groups in total. The second-order valence-corrected chi connectivity index (χ2v) is 5.19. The lowest BCUT2D eigenvalue weighted by Gasteiger charge is -2.10. The fourth-order valence-corrected chi connectivity index (χ4v) is 2.32. The minimum absolute atomic E-state index is 0.0529. The number of alkyl halides is 3. The quantitative estimate of drug-likeness (QED) is 0.876. The number of nitrogens with one attached hydrogen (secondary N) is 1. The van der Waals surface area contributed by atoms with Gasteiger partial charge < -0.3 is 0 Å². The van der Waals surface area contributed by atoms with Gasteiger partial charge in [-0.25, -0.2) is 10.2 Å². The lowest BCUT2D eigenvalue weighted by Crippen LogP contribution is -2.23. The van der Waals surface area contributed by atoms with E-state index in [1.807, 2.05) is 0 Å². The Morgan fingerprint density at radius 2 is 2.13 bits per heavy atom. The molecule has 0 aliphatic heterocycles. The van der Waals surface area contributed by atoms with Crippen LogP contribution in [-0.4, -0.2) is 28.0 Å². The Morgan fingerprint density at radius 1 is 1.39 bits per heavy atom. The van der Waals surface area contributed by atoms with E-state index in [0.717, 1.165) is 25.0 Å². The number of hydroxylamine groups is 1. The second kappa shape index (κ2) is 5.65. The van der Waals surface area contributed by atoms with Gasteiger partial charge in [0, 0.05) is 5.92 Å². The van der Waals surface area contributed by atoms with Crippen molar-refractivity contribution in [3.8, 4) is 5.69 Å². The number of carbonyl (C=O) groups excluding carboxylic acids is 1. The summed E-state index contributed by atoms with van der Waals surface area (Å²) in [6.07, 6.45) is -2.79. The number of hydrogen-bond donors (Lipinski definition) is 1. The first-order chi connectivity index (χ1) is 10.9. The highest BCUT2D eigenvalue weighted by Crippen LogP contribution is 2.42. The van der Waals surface area contributed by atoms with Gasteiger partial charge in [0.05, 0.1) is 24.1 Å². The van der Waals surface area contributed by atoms with E-state index < -0.39 is 17.6 Å². The van der Waals surface area contributed by atoms with Gasteiger partial charge in [-0.15, -0.1) is 5.10 Å². The minimum Gasteiger partial charge on any atom is -0.277 e. The van der Waals surface area contributed by atoms with Crippen molar-refractivity contribution in [1.82, 2.24) is 20.5 Å². The number of nitrogens with zero attached hydrogens (tertiary/aromatic N) is 3. The van der Waals surface area contributed by atoms with Crippen molar-refractivity contribution in [2.24, 2.45) is 0 Å². The van der Waals surface area contributed by atoms with Gasteiger partial charge in [-0.3, -0.25) is 9.63 Å². The molecule has 2 aromatic rings. The zero-order chi connectivity index (χ0) is 16.6. The van der Waals surface area contributed by atoms with Gasteiger partial charge >= 0.3 is 6.18 Å². The SMILES string of the molecule is CONC(=O)c1nnn(-c2cccc(C(F)(F)F)c2)c1C1CC1. The molecule has 1 heterocycles. The summed E-state index contributed by atoms with van der Waals surface area (Å²) in [4.78, 5) is 16.5. The van der Waals surface area contributed by atoms with Crippen molar-refractivity contribution in [1.29, 1.82) is 0 Å². The lowest BCUT2D eigenvalue weighted by molar-refractivity contribution is -0.137. The summed E-state index contributed by atoms with van der Waals surface area (Å²) in [5.74, 6) is -0.523. The van der Waals surface area contributed by atoms with Gasteiger partial charge in [0.1, 0.15) is 0 Å². The number of rotatable bonds is 4. The number of benzene rings is 1. The summed E-state index contributed by atoms with van der Waals surface area (Å²) in [7, 11) is 1.28. The third kappa shape index (κ3) is 3.04. The van der Waals surface area contributed by atoms with Crippen LogP contribution in [0.2, 0.25) is 0 Å². The molecule has 0 radical (unpaired) electrons. The van der Waals surface area contributed by atoms with Gasteiger partial charge in [0.25, 0.3) is 5.91 Å². The van der Waals surface area contributed by atoms with E-state index in [4.69, 9.17) is 0 Å². The summed E-state index contributed by atoms with van der Waals surface area (Å²) in [6.45, 7) is 0. The standard InChI is InChI=1S/C14H13F3N4O2/c1-23-19-13(22)11-12(8-5-6-8)21(20-18-11)10-4-2-3-9(7-10)14(15,16)17/h2-4,7-8H,5-6H2,1H3,(H,19,22). The second-order valence-electron chi connectivity index (χ2n) is 5.19. The fourth-order valence-electron chi connectivity index (χ4n) is 2.32. The van der Waals surface area contributed by atoms with Crippen molar-refractivity contribution < 1.29 is 22.8 Å². The Morgan fingerprint density at radius 3 is 2.74 bits per heavy atom.